The minimum Gasteiger partial charge on any atom is -0.364 e. The molecule has 0 amide bonds. The molecular formula is C11H10F2N2O. The molecule has 0 atom stereocenters. The Morgan fingerprint density at radius 2 is 2.06 bits per heavy atom. The first-order chi connectivity index (χ1) is 7.75. The van der Waals surface area contributed by atoms with Gasteiger partial charge in [-0.3, -0.25) is 0 Å². The van der Waals surface area contributed by atoms with E-state index in [0.29, 0.717) is 12.1 Å². The zero-order valence-electron chi connectivity index (χ0n) is 8.41. The van der Waals surface area contributed by atoms with Crippen LogP contribution in [0.2, 0.25) is 0 Å². The molecule has 0 aliphatic rings. The van der Waals surface area contributed by atoms with Gasteiger partial charge in [0.2, 0.25) is 0 Å². The van der Waals surface area contributed by atoms with Crippen LogP contribution in [0.15, 0.2) is 35.1 Å². The molecule has 2 aromatic rings. The summed E-state index contributed by atoms with van der Waals surface area (Å²) >= 11 is 0. The number of aromatic nitrogens is 1. The fourth-order valence-corrected chi connectivity index (χ4v) is 1.33. The third kappa shape index (κ3) is 2.64. The summed E-state index contributed by atoms with van der Waals surface area (Å²) < 4.78 is 30.7. The van der Waals surface area contributed by atoms with Crippen molar-refractivity contribution in [1.29, 1.82) is 0 Å². The predicted octanol–water partition coefficient (Wildman–Crippen LogP) is 2.24. The van der Waals surface area contributed by atoms with Gasteiger partial charge in [0.05, 0.1) is 5.69 Å². The first-order valence-corrected chi connectivity index (χ1v) is 4.79. The molecule has 0 bridgehead atoms. The lowest BCUT2D eigenvalue weighted by atomic mass is 10.2. The fourth-order valence-electron chi connectivity index (χ4n) is 1.33. The maximum atomic E-state index is 13.2. The molecule has 1 N–H and O–H groups in total. The second-order valence-corrected chi connectivity index (χ2v) is 3.33. The standard InChI is InChI=1S/C11H10F2N2O/c12-9-1-2-11(13)8(5-9)6-14-7-10-3-4-16-15-10/h1-5,14H,6-7H2. The average Bonchev–Trinajstić information content (AvgIpc) is 2.76. The summed E-state index contributed by atoms with van der Waals surface area (Å²) in [5, 5.41) is 6.63. The van der Waals surface area contributed by atoms with Gasteiger partial charge in [0.25, 0.3) is 0 Å². The van der Waals surface area contributed by atoms with Crippen LogP contribution in [0.3, 0.4) is 0 Å². The van der Waals surface area contributed by atoms with Crippen LogP contribution in [0.1, 0.15) is 11.3 Å². The number of hydrogen-bond donors (Lipinski definition) is 1. The molecule has 3 nitrogen and oxygen atoms in total. The van der Waals surface area contributed by atoms with Crippen molar-refractivity contribution in [2.45, 2.75) is 13.1 Å². The van der Waals surface area contributed by atoms with Gasteiger partial charge in [-0.15, -0.1) is 0 Å². The molecule has 0 aliphatic heterocycles. The van der Waals surface area contributed by atoms with Crippen LogP contribution in [0.25, 0.3) is 0 Å². The highest BCUT2D eigenvalue weighted by atomic mass is 19.1. The molecule has 0 radical (unpaired) electrons. The molecule has 0 spiro atoms. The summed E-state index contributed by atoms with van der Waals surface area (Å²) in [6.45, 7) is 0.697. The monoisotopic (exact) mass is 224 g/mol. The second kappa shape index (κ2) is 4.85. The number of hydrogen-bond acceptors (Lipinski definition) is 3. The summed E-state index contributed by atoms with van der Waals surface area (Å²) in [5.74, 6) is -0.867. The molecule has 84 valence electrons. The molecule has 0 aliphatic carbocycles. The van der Waals surface area contributed by atoms with Crippen LogP contribution in [-0.2, 0) is 13.1 Å². The van der Waals surface area contributed by atoms with Gasteiger partial charge in [0.1, 0.15) is 17.9 Å². The van der Waals surface area contributed by atoms with Gasteiger partial charge >= 0.3 is 0 Å². The molecule has 1 aromatic heterocycles. The van der Waals surface area contributed by atoms with Gasteiger partial charge in [-0.1, -0.05) is 5.16 Å². The van der Waals surface area contributed by atoms with Crippen molar-refractivity contribution in [3.8, 4) is 0 Å². The minimum absolute atomic E-state index is 0.246. The Morgan fingerprint density at radius 3 is 2.81 bits per heavy atom. The maximum Gasteiger partial charge on any atom is 0.127 e. The van der Waals surface area contributed by atoms with E-state index in [1.165, 1.54) is 12.3 Å². The summed E-state index contributed by atoms with van der Waals surface area (Å²) in [6, 6.07) is 5.08. The van der Waals surface area contributed by atoms with E-state index in [2.05, 4.69) is 15.0 Å². The van der Waals surface area contributed by atoms with Gasteiger partial charge in [0, 0.05) is 24.7 Å². The lowest BCUT2D eigenvalue weighted by Gasteiger charge is -2.04. The van der Waals surface area contributed by atoms with E-state index >= 15 is 0 Å². The van der Waals surface area contributed by atoms with E-state index < -0.39 is 11.6 Å². The number of nitrogens with zero attached hydrogens (tertiary/aromatic N) is 1. The van der Waals surface area contributed by atoms with Crippen molar-refractivity contribution < 1.29 is 13.3 Å². The van der Waals surface area contributed by atoms with E-state index in [-0.39, 0.29) is 6.54 Å². The van der Waals surface area contributed by atoms with Gasteiger partial charge in [-0.2, -0.15) is 0 Å². The Morgan fingerprint density at radius 1 is 1.19 bits per heavy atom. The highest BCUT2D eigenvalue weighted by Gasteiger charge is 2.03. The van der Waals surface area contributed by atoms with Crippen LogP contribution in [-0.4, -0.2) is 5.16 Å². The zero-order chi connectivity index (χ0) is 11.4. The third-order valence-corrected chi connectivity index (χ3v) is 2.12. The van der Waals surface area contributed by atoms with E-state index in [0.717, 1.165) is 17.8 Å². The smallest absolute Gasteiger partial charge is 0.127 e. The van der Waals surface area contributed by atoms with Crippen molar-refractivity contribution in [1.82, 2.24) is 10.5 Å². The lowest BCUT2D eigenvalue weighted by Crippen LogP contribution is -2.14. The second-order valence-electron chi connectivity index (χ2n) is 3.33. The van der Waals surface area contributed by atoms with Crippen LogP contribution >= 0.6 is 0 Å². The molecule has 0 saturated carbocycles. The molecule has 5 heteroatoms. The van der Waals surface area contributed by atoms with Crippen LogP contribution in [0.4, 0.5) is 8.78 Å². The summed E-state index contributed by atoms with van der Waals surface area (Å²) in [7, 11) is 0. The molecule has 0 fully saturated rings. The molecule has 16 heavy (non-hydrogen) atoms. The average molecular weight is 224 g/mol. The Labute approximate surface area is 91.1 Å². The molecular weight excluding hydrogens is 214 g/mol. The Hall–Kier alpha value is -1.75. The van der Waals surface area contributed by atoms with Crippen molar-refractivity contribution in [3.63, 3.8) is 0 Å². The summed E-state index contributed by atoms with van der Waals surface area (Å²) in [4.78, 5) is 0. The number of rotatable bonds is 4. The van der Waals surface area contributed by atoms with E-state index in [1.807, 2.05) is 0 Å². The van der Waals surface area contributed by atoms with Gasteiger partial charge in [0.15, 0.2) is 0 Å². The quantitative estimate of drug-likeness (QED) is 0.865. The zero-order valence-corrected chi connectivity index (χ0v) is 8.41. The minimum atomic E-state index is -0.445. The highest BCUT2D eigenvalue weighted by Crippen LogP contribution is 2.09. The topological polar surface area (TPSA) is 38.1 Å². The van der Waals surface area contributed by atoms with Gasteiger partial charge in [-0.05, 0) is 18.2 Å². The summed E-state index contributed by atoms with van der Waals surface area (Å²) in [5.41, 5.74) is 1.01. The van der Waals surface area contributed by atoms with Crippen LogP contribution in [0.5, 0.6) is 0 Å². The first kappa shape index (κ1) is 10.8. The van der Waals surface area contributed by atoms with Crippen LogP contribution < -0.4 is 5.32 Å². The number of nitrogens with one attached hydrogen (secondary N) is 1. The lowest BCUT2D eigenvalue weighted by molar-refractivity contribution is 0.408. The van der Waals surface area contributed by atoms with E-state index in [4.69, 9.17) is 0 Å². The third-order valence-electron chi connectivity index (χ3n) is 2.12. The normalized spacial score (nSPS) is 10.6. The van der Waals surface area contributed by atoms with Gasteiger partial charge < -0.3 is 9.84 Å². The first-order valence-electron chi connectivity index (χ1n) is 4.79. The highest BCUT2D eigenvalue weighted by molar-refractivity contribution is 5.18. The predicted molar refractivity (Wildman–Crippen MR) is 53.4 cm³/mol. The number of benzene rings is 1. The van der Waals surface area contributed by atoms with Crippen molar-refractivity contribution >= 4 is 0 Å². The van der Waals surface area contributed by atoms with Crippen LogP contribution in [0, 0.1) is 11.6 Å². The molecule has 0 unspecified atom stereocenters. The fraction of sp³-hybridized carbons (Fsp3) is 0.182. The Kier molecular flexibility index (Phi) is 3.26. The van der Waals surface area contributed by atoms with Crippen molar-refractivity contribution in [2.75, 3.05) is 0 Å². The van der Waals surface area contributed by atoms with Crippen molar-refractivity contribution in [2.24, 2.45) is 0 Å². The SMILES string of the molecule is Fc1ccc(F)c(CNCc2ccon2)c1. The molecule has 1 heterocycles. The maximum absolute atomic E-state index is 13.2. The summed E-state index contributed by atoms with van der Waals surface area (Å²) in [6.07, 6.45) is 1.46. The molecule has 1 aromatic carbocycles. The number of halogens is 2. The van der Waals surface area contributed by atoms with E-state index in [9.17, 15) is 8.78 Å². The Balaban J connectivity index is 1.92. The largest absolute Gasteiger partial charge is 0.364 e. The van der Waals surface area contributed by atoms with Gasteiger partial charge in [-0.25, -0.2) is 8.78 Å². The Bertz CT molecular complexity index is 457. The molecule has 2 rings (SSSR count). The van der Waals surface area contributed by atoms with Crippen molar-refractivity contribution in [3.05, 3.63) is 53.4 Å². The van der Waals surface area contributed by atoms with E-state index in [1.54, 1.807) is 6.07 Å². The molecule has 0 saturated heterocycles.